The number of nitrogens with zero attached hydrogens (tertiary/aromatic N) is 1. The number of sulfonamides is 1. The van der Waals surface area contributed by atoms with E-state index in [2.05, 4.69) is 5.32 Å². The second-order valence-electron chi connectivity index (χ2n) is 8.25. The summed E-state index contributed by atoms with van der Waals surface area (Å²) in [6.07, 6.45) is 3.85. The maximum Gasteiger partial charge on any atom is 0.251 e. The Hall–Kier alpha value is -2.38. The van der Waals surface area contributed by atoms with Crippen LogP contribution < -0.4 is 10.1 Å². The summed E-state index contributed by atoms with van der Waals surface area (Å²) in [5.74, 6) is 0.483. The van der Waals surface area contributed by atoms with E-state index in [0.717, 1.165) is 42.6 Å². The van der Waals surface area contributed by atoms with Crippen LogP contribution in [0.25, 0.3) is 0 Å². The van der Waals surface area contributed by atoms with Gasteiger partial charge in [-0.3, -0.25) is 4.79 Å². The number of nitrogens with one attached hydrogen (secondary N) is 1. The molecule has 1 amide bonds. The van der Waals surface area contributed by atoms with Gasteiger partial charge in [0.1, 0.15) is 12.4 Å². The first-order valence-corrected chi connectivity index (χ1v) is 12.3. The first kappa shape index (κ1) is 23.3. The summed E-state index contributed by atoms with van der Waals surface area (Å²) in [5.41, 5.74) is 2.14. The number of rotatable bonds is 7. The van der Waals surface area contributed by atoms with E-state index in [1.54, 1.807) is 16.4 Å². The van der Waals surface area contributed by atoms with Crippen molar-refractivity contribution in [3.63, 3.8) is 0 Å². The minimum absolute atomic E-state index is 0.175. The van der Waals surface area contributed by atoms with Gasteiger partial charge in [-0.1, -0.05) is 37.1 Å². The molecule has 1 aliphatic heterocycles. The zero-order valence-corrected chi connectivity index (χ0v) is 19.4. The van der Waals surface area contributed by atoms with Crippen molar-refractivity contribution in [1.82, 2.24) is 9.62 Å². The predicted octanol–water partition coefficient (Wildman–Crippen LogP) is 4.07. The van der Waals surface area contributed by atoms with Crippen molar-refractivity contribution in [2.75, 3.05) is 19.7 Å². The number of hydrogen-bond acceptors (Lipinski definition) is 4. The summed E-state index contributed by atoms with van der Waals surface area (Å²) in [4.78, 5) is 13.1. The second kappa shape index (κ2) is 10.3. The number of amides is 1. The van der Waals surface area contributed by atoms with Crippen LogP contribution in [0.2, 0.25) is 0 Å². The summed E-state index contributed by atoms with van der Waals surface area (Å²) >= 11 is 0. The fourth-order valence-corrected chi connectivity index (χ4v) is 5.26. The van der Waals surface area contributed by atoms with Crippen LogP contribution in [0.1, 0.15) is 54.1 Å². The number of para-hydroxylation sites is 1. The molecule has 1 atom stereocenters. The van der Waals surface area contributed by atoms with Crippen molar-refractivity contribution in [3.8, 4) is 5.75 Å². The molecule has 2 aromatic carbocycles. The summed E-state index contributed by atoms with van der Waals surface area (Å²) in [6, 6.07) is 12.3. The van der Waals surface area contributed by atoms with Crippen molar-refractivity contribution < 1.29 is 17.9 Å². The van der Waals surface area contributed by atoms with E-state index in [1.807, 2.05) is 45.0 Å². The number of aryl methyl sites for hydroxylation is 2. The number of carbonyl (C=O) groups is 1. The van der Waals surface area contributed by atoms with E-state index in [9.17, 15) is 13.2 Å². The van der Waals surface area contributed by atoms with E-state index < -0.39 is 10.0 Å². The molecule has 1 aliphatic rings. The number of carbonyl (C=O) groups excluding carboxylic acids is 1. The largest absolute Gasteiger partial charge is 0.491 e. The van der Waals surface area contributed by atoms with Gasteiger partial charge in [-0.15, -0.1) is 0 Å². The van der Waals surface area contributed by atoms with E-state index in [4.69, 9.17) is 4.74 Å². The topological polar surface area (TPSA) is 75.7 Å². The Morgan fingerprint density at radius 3 is 2.39 bits per heavy atom. The fourth-order valence-electron chi connectivity index (χ4n) is 3.71. The first-order chi connectivity index (χ1) is 14.8. The molecule has 3 rings (SSSR count). The first-order valence-electron chi connectivity index (χ1n) is 10.9. The van der Waals surface area contributed by atoms with Crippen LogP contribution >= 0.6 is 0 Å². The molecule has 1 unspecified atom stereocenters. The highest BCUT2D eigenvalue weighted by molar-refractivity contribution is 7.89. The Labute approximate surface area is 185 Å². The van der Waals surface area contributed by atoms with Crippen molar-refractivity contribution in [2.45, 2.75) is 57.4 Å². The third-order valence-corrected chi connectivity index (χ3v) is 7.51. The van der Waals surface area contributed by atoms with Crippen molar-refractivity contribution >= 4 is 15.9 Å². The zero-order chi connectivity index (χ0) is 22.4. The van der Waals surface area contributed by atoms with Gasteiger partial charge in [0.15, 0.2) is 0 Å². The average molecular weight is 445 g/mol. The molecule has 31 heavy (non-hydrogen) atoms. The standard InChI is InChI=1S/C24H32N2O4S/c1-18-12-13-21(31(28,29)26-14-8-4-5-9-15-26)16-22(18)24(27)25-20(3)17-30-23-11-7-6-10-19(23)2/h6-7,10-13,16,20H,4-5,8-9,14-15,17H2,1-3H3,(H,25,27). The lowest BCUT2D eigenvalue weighted by Gasteiger charge is -2.21. The van der Waals surface area contributed by atoms with E-state index in [1.165, 1.54) is 6.07 Å². The lowest BCUT2D eigenvalue weighted by Crippen LogP contribution is -2.37. The van der Waals surface area contributed by atoms with Crippen LogP contribution in [0, 0.1) is 13.8 Å². The third kappa shape index (κ3) is 5.86. The number of hydrogen-bond donors (Lipinski definition) is 1. The number of ether oxygens (including phenoxy) is 1. The molecule has 0 aliphatic carbocycles. The highest BCUT2D eigenvalue weighted by atomic mass is 32.2. The molecule has 0 saturated carbocycles. The normalized spacial score (nSPS) is 16.4. The molecule has 168 valence electrons. The van der Waals surface area contributed by atoms with E-state index in [0.29, 0.717) is 25.3 Å². The van der Waals surface area contributed by atoms with Crippen LogP contribution in [0.3, 0.4) is 0 Å². The summed E-state index contributed by atoms with van der Waals surface area (Å²) < 4.78 is 33.6. The zero-order valence-electron chi connectivity index (χ0n) is 18.6. The van der Waals surface area contributed by atoms with Gasteiger partial charge < -0.3 is 10.1 Å². The Bertz CT molecular complexity index is 1010. The van der Waals surface area contributed by atoms with Crippen LogP contribution in [0.5, 0.6) is 5.75 Å². The van der Waals surface area contributed by atoms with Gasteiger partial charge >= 0.3 is 0 Å². The molecular weight excluding hydrogens is 412 g/mol. The lowest BCUT2D eigenvalue weighted by molar-refractivity contribution is 0.0925. The summed E-state index contributed by atoms with van der Waals surface area (Å²) in [5, 5.41) is 2.92. The molecule has 0 spiro atoms. The highest BCUT2D eigenvalue weighted by Crippen LogP contribution is 2.23. The van der Waals surface area contributed by atoms with Crippen LogP contribution in [-0.4, -0.2) is 44.4 Å². The van der Waals surface area contributed by atoms with Gasteiger partial charge in [-0.2, -0.15) is 4.31 Å². The Morgan fingerprint density at radius 2 is 1.71 bits per heavy atom. The molecule has 7 heteroatoms. The van der Waals surface area contributed by atoms with Crippen LogP contribution in [0.4, 0.5) is 0 Å². The highest BCUT2D eigenvalue weighted by Gasteiger charge is 2.26. The molecule has 1 heterocycles. The van der Waals surface area contributed by atoms with Gasteiger partial charge in [-0.05, 0) is 62.9 Å². The van der Waals surface area contributed by atoms with Crippen LogP contribution in [0.15, 0.2) is 47.4 Å². The monoisotopic (exact) mass is 444 g/mol. The van der Waals surface area contributed by atoms with Gasteiger partial charge in [-0.25, -0.2) is 8.42 Å². The Balaban J connectivity index is 1.70. The Morgan fingerprint density at radius 1 is 1.03 bits per heavy atom. The van der Waals surface area contributed by atoms with Crippen molar-refractivity contribution in [3.05, 3.63) is 59.2 Å². The van der Waals surface area contributed by atoms with Gasteiger partial charge in [0.2, 0.25) is 10.0 Å². The third-order valence-electron chi connectivity index (χ3n) is 5.62. The fraction of sp³-hybridized carbons (Fsp3) is 0.458. The van der Waals surface area contributed by atoms with Gasteiger partial charge in [0.05, 0.1) is 10.9 Å². The minimum atomic E-state index is -3.61. The SMILES string of the molecule is Cc1ccccc1OCC(C)NC(=O)c1cc(S(=O)(=O)N2CCCCCC2)ccc1C. The number of benzene rings is 2. The average Bonchev–Trinajstić information content (AvgIpc) is 3.03. The second-order valence-corrected chi connectivity index (χ2v) is 10.2. The van der Waals surface area contributed by atoms with Crippen molar-refractivity contribution in [2.24, 2.45) is 0 Å². The molecule has 0 bridgehead atoms. The van der Waals surface area contributed by atoms with Gasteiger partial charge in [0.25, 0.3) is 5.91 Å². The maximum atomic E-state index is 13.1. The molecular formula is C24H32N2O4S. The smallest absolute Gasteiger partial charge is 0.251 e. The minimum Gasteiger partial charge on any atom is -0.491 e. The Kier molecular flexibility index (Phi) is 7.73. The van der Waals surface area contributed by atoms with Gasteiger partial charge in [0, 0.05) is 18.7 Å². The van der Waals surface area contributed by atoms with E-state index in [-0.39, 0.29) is 16.8 Å². The molecule has 2 aromatic rings. The molecule has 6 nitrogen and oxygen atoms in total. The molecule has 1 fully saturated rings. The quantitative estimate of drug-likeness (QED) is 0.699. The van der Waals surface area contributed by atoms with Crippen LogP contribution in [-0.2, 0) is 10.0 Å². The van der Waals surface area contributed by atoms with Crippen molar-refractivity contribution in [1.29, 1.82) is 0 Å². The van der Waals surface area contributed by atoms with E-state index >= 15 is 0 Å². The molecule has 0 aromatic heterocycles. The molecule has 1 N–H and O–H groups in total. The molecule has 1 saturated heterocycles. The predicted molar refractivity (Wildman–Crippen MR) is 122 cm³/mol. The lowest BCUT2D eigenvalue weighted by atomic mass is 10.1. The summed E-state index contributed by atoms with van der Waals surface area (Å²) in [6.45, 7) is 7.03. The summed E-state index contributed by atoms with van der Waals surface area (Å²) in [7, 11) is -3.61. The molecule has 0 radical (unpaired) electrons. The maximum absolute atomic E-state index is 13.1.